The Morgan fingerprint density at radius 2 is 1.58 bits per heavy atom. The van der Waals surface area contributed by atoms with E-state index in [0.717, 1.165) is 11.3 Å². The first kappa shape index (κ1) is 26.2. The van der Waals surface area contributed by atoms with Gasteiger partial charge in [-0.15, -0.1) is 0 Å². The highest BCUT2D eigenvalue weighted by Gasteiger charge is 2.40. The van der Waals surface area contributed by atoms with Gasteiger partial charge in [0.25, 0.3) is 5.91 Å². The molecule has 198 valence electrons. The van der Waals surface area contributed by atoms with E-state index in [1.165, 1.54) is 31.7 Å². The molecule has 2 N–H and O–H groups in total. The number of aryl methyl sites for hydroxylation is 1. The first-order valence-corrected chi connectivity index (χ1v) is 13.8. The first-order chi connectivity index (χ1) is 18.4. The van der Waals surface area contributed by atoms with Crippen LogP contribution in [0.1, 0.15) is 66.1 Å². The molecular weight excluding hydrogens is 501 g/mol. The van der Waals surface area contributed by atoms with Gasteiger partial charge in [0.2, 0.25) is 5.91 Å². The Morgan fingerprint density at radius 3 is 2.26 bits per heavy atom. The molecule has 1 heterocycles. The maximum absolute atomic E-state index is 14.9. The third kappa shape index (κ3) is 5.70. The van der Waals surface area contributed by atoms with Crippen LogP contribution in [0.15, 0.2) is 66.7 Å². The van der Waals surface area contributed by atoms with Crippen LogP contribution in [0, 0.1) is 18.7 Å². The van der Waals surface area contributed by atoms with Crippen molar-refractivity contribution in [2.75, 3.05) is 17.2 Å². The van der Waals surface area contributed by atoms with Crippen molar-refractivity contribution in [2.45, 2.75) is 57.5 Å². The summed E-state index contributed by atoms with van der Waals surface area (Å²) in [6.07, 6.45) is 6.09. The summed E-state index contributed by atoms with van der Waals surface area (Å²) < 4.78 is 14.9. The van der Waals surface area contributed by atoms with E-state index in [2.05, 4.69) is 10.6 Å². The normalized spacial score (nSPS) is 19.8. The molecule has 1 saturated carbocycles. The van der Waals surface area contributed by atoms with Crippen LogP contribution in [-0.2, 0) is 4.79 Å². The molecule has 7 heteroatoms. The van der Waals surface area contributed by atoms with Crippen LogP contribution in [-0.4, -0.2) is 29.3 Å². The summed E-state index contributed by atoms with van der Waals surface area (Å²) in [5.74, 6) is -1.60. The number of halogens is 2. The van der Waals surface area contributed by atoms with E-state index in [0.29, 0.717) is 41.7 Å². The van der Waals surface area contributed by atoms with Gasteiger partial charge in [0.1, 0.15) is 5.82 Å². The lowest BCUT2D eigenvalue weighted by Gasteiger charge is -2.41. The van der Waals surface area contributed by atoms with Crippen molar-refractivity contribution < 1.29 is 14.0 Å². The number of amides is 2. The minimum Gasteiger partial charge on any atom is -0.382 e. The second-order valence-electron chi connectivity index (χ2n) is 10.4. The number of rotatable bonds is 6. The predicted octanol–water partition coefficient (Wildman–Crippen LogP) is 7.37. The van der Waals surface area contributed by atoms with E-state index in [1.807, 2.05) is 24.3 Å². The van der Waals surface area contributed by atoms with Crippen molar-refractivity contribution >= 4 is 34.8 Å². The van der Waals surface area contributed by atoms with Gasteiger partial charge in [0.15, 0.2) is 0 Å². The smallest absolute Gasteiger partial charge is 0.257 e. The molecule has 38 heavy (non-hydrogen) atoms. The number of carbonyl (C=O) groups is 2. The van der Waals surface area contributed by atoms with E-state index in [4.69, 9.17) is 11.6 Å². The highest BCUT2D eigenvalue weighted by Crippen LogP contribution is 2.39. The van der Waals surface area contributed by atoms with Crippen LogP contribution < -0.4 is 10.6 Å². The Labute approximate surface area is 228 Å². The number of benzene rings is 3. The average Bonchev–Trinajstić information content (AvgIpc) is 3.43. The lowest BCUT2D eigenvalue weighted by Crippen LogP contribution is -2.46. The molecule has 2 atom stereocenters. The van der Waals surface area contributed by atoms with Gasteiger partial charge in [-0.25, -0.2) is 4.39 Å². The third-order valence-corrected chi connectivity index (χ3v) is 8.01. The Hall–Kier alpha value is -3.38. The van der Waals surface area contributed by atoms with Crippen LogP contribution in [0.4, 0.5) is 15.8 Å². The fraction of sp³-hybridized carbons (Fsp3) is 0.355. The Morgan fingerprint density at radius 1 is 0.895 bits per heavy atom. The second-order valence-corrected chi connectivity index (χ2v) is 10.8. The van der Waals surface area contributed by atoms with Gasteiger partial charge in [0, 0.05) is 29.0 Å². The van der Waals surface area contributed by atoms with Gasteiger partial charge in [-0.3, -0.25) is 9.59 Å². The summed E-state index contributed by atoms with van der Waals surface area (Å²) in [6.45, 7) is 2.19. The highest BCUT2D eigenvalue weighted by molar-refractivity contribution is 6.30. The van der Waals surface area contributed by atoms with Crippen molar-refractivity contribution in [1.82, 2.24) is 4.90 Å². The summed E-state index contributed by atoms with van der Waals surface area (Å²) in [4.78, 5) is 29.1. The maximum Gasteiger partial charge on any atom is 0.257 e. The van der Waals surface area contributed by atoms with Crippen molar-refractivity contribution in [3.05, 3.63) is 94.3 Å². The summed E-state index contributed by atoms with van der Waals surface area (Å²) in [7, 11) is 0. The molecule has 3 aromatic rings. The summed E-state index contributed by atoms with van der Waals surface area (Å²) in [5, 5.41) is 7.18. The maximum atomic E-state index is 14.9. The van der Waals surface area contributed by atoms with Crippen molar-refractivity contribution in [1.29, 1.82) is 0 Å². The predicted molar refractivity (Wildman–Crippen MR) is 150 cm³/mol. The van der Waals surface area contributed by atoms with Gasteiger partial charge in [0.05, 0.1) is 17.5 Å². The monoisotopic (exact) mass is 533 g/mol. The standard InChI is InChI=1S/C31H33ClFN3O2/c1-20-6-4-10-27(33)28(20)31(38)36-19-5-9-26(30(37)35-25-17-13-22(32)14-18-25)29(36)21-11-15-24(16-12-21)34-23-7-2-3-8-23/h4,6,10-18,23,26,29,34H,2-3,5,7-9,19H2,1H3,(H,35,37)/t26-,29-/m0/s1. The molecule has 0 bridgehead atoms. The Bertz CT molecular complexity index is 1270. The Kier molecular flexibility index (Phi) is 7.98. The minimum absolute atomic E-state index is 0.0655. The lowest BCUT2D eigenvalue weighted by atomic mass is 9.83. The largest absolute Gasteiger partial charge is 0.382 e. The molecule has 0 spiro atoms. The SMILES string of the molecule is Cc1cccc(F)c1C(=O)N1CCC[C@H](C(=O)Nc2ccc(Cl)cc2)[C@@H]1c1ccc(NC2CCCC2)cc1. The highest BCUT2D eigenvalue weighted by atomic mass is 35.5. The first-order valence-electron chi connectivity index (χ1n) is 13.4. The topological polar surface area (TPSA) is 61.4 Å². The van der Waals surface area contributed by atoms with Gasteiger partial charge in [-0.1, -0.05) is 48.7 Å². The second kappa shape index (κ2) is 11.6. The van der Waals surface area contributed by atoms with Gasteiger partial charge in [-0.05, 0) is 86.2 Å². The van der Waals surface area contributed by atoms with E-state index in [9.17, 15) is 14.0 Å². The summed E-state index contributed by atoms with van der Waals surface area (Å²) in [6, 6.07) is 19.6. The summed E-state index contributed by atoms with van der Waals surface area (Å²) >= 11 is 6.01. The van der Waals surface area contributed by atoms with E-state index < -0.39 is 17.8 Å². The zero-order valence-electron chi connectivity index (χ0n) is 21.6. The van der Waals surface area contributed by atoms with Gasteiger partial charge >= 0.3 is 0 Å². The van der Waals surface area contributed by atoms with Crippen LogP contribution in [0.2, 0.25) is 5.02 Å². The number of hydrogen-bond acceptors (Lipinski definition) is 3. The van der Waals surface area contributed by atoms with Gasteiger partial charge in [-0.2, -0.15) is 0 Å². The molecule has 3 aromatic carbocycles. The molecule has 0 unspecified atom stereocenters. The van der Waals surface area contributed by atoms with Crippen molar-refractivity contribution in [2.24, 2.45) is 5.92 Å². The number of nitrogens with one attached hydrogen (secondary N) is 2. The molecule has 5 nitrogen and oxygen atoms in total. The molecule has 0 aromatic heterocycles. The fourth-order valence-corrected chi connectivity index (χ4v) is 5.93. The van der Waals surface area contributed by atoms with Crippen molar-refractivity contribution in [3.63, 3.8) is 0 Å². The van der Waals surface area contributed by atoms with Crippen molar-refractivity contribution in [3.8, 4) is 0 Å². The fourth-order valence-electron chi connectivity index (χ4n) is 5.81. The average molecular weight is 534 g/mol. The van der Waals surface area contributed by atoms with Crippen LogP contribution in [0.5, 0.6) is 0 Å². The molecule has 1 saturated heterocycles. The molecule has 5 rings (SSSR count). The molecule has 2 aliphatic rings. The number of likely N-dealkylation sites (tertiary alicyclic amines) is 1. The number of anilines is 2. The number of carbonyl (C=O) groups excluding carboxylic acids is 2. The Balaban J connectivity index is 1.47. The third-order valence-electron chi connectivity index (χ3n) is 7.75. The molecular formula is C31H33ClFN3O2. The van der Waals surface area contributed by atoms with Crippen LogP contribution >= 0.6 is 11.6 Å². The van der Waals surface area contributed by atoms with Crippen LogP contribution in [0.25, 0.3) is 0 Å². The zero-order valence-corrected chi connectivity index (χ0v) is 22.3. The molecule has 0 radical (unpaired) electrons. The quantitative estimate of drug-likeness (QED) is 0.347. The lowest BCUT2D eigenvalue weighted by molar-refractivity contribution is -0.123. The molecule has 2 fully saturated rings. The molecule has 1 aliphatic carbocycles. The van der Waals surface area contributed by atoms with E-state index in [-0.39, 0.29) is 17.4 Å². The zero-order chi connectivity index (χ0) is 26.6. The van der Waals surface area contributed by atoms with Crippen LogP contribution in [0.3, 0.4) is 0 Å². The molecule has 2 amide bonds. The van der Waals surface area contributed by atoms with E-state index in [1.54, 1.807) is 48.2 Å². The van der Waals surface area contributed by atoms with E-state index >= 15 is 0 Å². The number of piperidine rings is 1. The molecule has 1 aliphatic heterocycles. The minimum atomic E-state index is -0.544. The summed E-state index contributed by atoms with van der Waals surface area (Å²) in [5.41, 5.74) is 3.18. The number of nitrogens with zero attached hydrogens (tertiary/aromatic N) is 1. The number of hydrogen-bond donors (Lipinski definition) is 2. The van der Waals surface area contributed by atoms with Gasteiger partial charge < -0.3 is 15.5 Å².